The number of thiophene rings is 1. The average molecular weight is 282 g/mol. The van der Waals surface area contributed by atoms with Gasteiger partial charge < -0.3 is 11.1 Å². The Morgan fingerprint density at radius 2 is 1.79 bits per heavy atom. The number of nitrogens with one attached hydrogen (secondary N) is 1. The Morgan fingerprint density at radius 1 is 1.16 bits per heavy atom. The SMILES string of the molecule is CCc1ccc(C(CN)NCC(C(C)C)C(C)C)s1. The van der Waals surface area contributed by atoms with Gasteiger partial charge in [-0.05, 0) is 42.9 Å². The van der Waals surface area contributed by atoms with E-state index in [4.69, 9.17) is 5.73 Å². The number of rotatable bonds is 8. The van der Waals surface area contributed by atoms with Crippen LogP contribution in [0.1, 0.15) is 50.4 Å². The van der Waals surface area contributed by atoms with Crippen LogP contribution in [0.5, 0.6) is 0 Å². The minimum absolute atomic E-state index is 0.310. The van der Waals surface area contributed by atoms with Gasteiger partial charge in [-0.3, -0.25) is 0 Å². The molecule has 0 aliphatic rings. The summed E-state index contributed by atoms with van der Waals surface area (Å²) in [4.78, 5) is 2.82. The van der Waals surface area contributed by atoms with Gasteiger partial charge in [-0.1, -0.05) is 34.6 Å². The lowest BCUT2D eigenvalue weighted by molar-refractivity contribution is 0.267. The standard InChI is InChI=1S/C16H30N2S/c1-6-13-7-8-16(19-13)15(9-17)18-10-14(11(2)3)12(4)5/h7-8,11-12,14-15,18H,6,9-10,17H2,1-5H3. The van der Waals surface area contributed by atoms with Gasteiger partial charge in [0.25, 0.3) is 0 Å². The van der Waals surface area contributed by atoms with Crippen LogP contribution in [0.25, 0.3) is 0 Å². The van der Waals surface area contributed by atoms with Gasteiger partial charge in [0, 0.05) is 16.3 Å². The normalized spacial score (nSPS) is 13.7. The first-order chi connectivity index (χ1) is 8.99. The van der Waals surface area contributed by atoms with E-state index in [2.05, 4.69) is 52.1 Å². The fraction of sp³-hybridized carbons (Fsp3) is 0.750. The largest absolute Gasteiger partial charge is 0.329 e. The summed E-state index contributed by atoms with van der Waals surface area (Å²) in [5, 5.41) is 3.67. The summed E-state index contributed by atoms with van der Waals surface area (Å²) in [6.07, 6.45) is 1.11. The molecule has 1 unspecified atom stereocenters. The second-order valence-electron chi connectivity index (χ2n) is 6.01. The van der Waals surface area contributed by atoms with Gasteiger partial charge in [-0.25, -0.2) is 0 Å². The van der Waals surface area contributed by atoms with Crippen LogP contribution in [0.15, 0.2) is 12.1 Å². The van der Waals surface area contributed by atoms with Crippen LogP contribution in [0.3, 0.4) is 0 Å². The van der Waals surface area contributed by atoms with E-state index in [1.807, 2.05) is 11.3 Å². The molecule has 0 radical (unpaired) electrons. The molecule has 3 heteroatoms. The van der Waals surface area contributed by atoms with Crippen LogP contribution in [0.4, 0.5) is 0 Å². The third kappa shape index (κ3) is 4.90. The molecule has 0 aliphatic carbocycles. The van der Waals surface area contributed by atoms with E-state index >= 15 is 0 Å². The molecule has 0 aliphatic heterocycles. The first-order valence-corrected chi connectivity index (χ1v) is 8.33. The number of nitrogens with two attached hydrogens (primary N) is 1. The zero-order valence-electron chi connectivity index (χ0n) is 13.1. The van der Waals surface area contributed by atoms with Crippen molar-refractivity contribution in [3.63, 3.8) is 0 Å². The fourth-order valence-corrected chi connectivity index (χ4v) is 3.63. The molecular weight excluding hydrogens is 252 g/mol. The summed E-state index contributed by atoms with van der Waals surface area (Å²) >= 11 is 1.89. The number of hydrogen-bond acceptors (Lipinski definition) is 3. The summed E-state index contributed by atoms with van der Waals surface area (Å²) in [6, 6.07) is 4.77. The highest BCUT2D eigenvalue weighted by molar-refractivity contribution is 7.12. The van der Waals surface area contributed by atoms with Crippen molar-refractivity contribution in [3.8, 4) is 0 Å². The Morgan fingerprint density at radius 3 is 2.21 bits per heavy atom. The predicted octanol–water partition coefficient (Wildman–Crippen LogP) is 3.83. The molecule has 1 aromatic rings. The number of hydrogen-bond donors (Lipinski definition) is 2. The summed E-state index contributed by atoms with van der Waals surface area (Å²) < 4.78 is 0. The lowest BCUT2D eigenvalue weighted by atomic mass is 9.85. The van der Waals surface area contributed by atoms with Crippen molar-refractivity contribution in [1.82, 2.24) is 5.32 Å². The Balaban J connectivity index is 2.61. The smallest absolute Gasteiger partial charge is 0.0539 e. The predicted molar refractivity (Wildman–Crippen MR) is 86.7 cm³/mol. The molecule has 1 atom stereocenters. The second-order valence-corrected chi connectivity index (χ2v) is 7.21. The maximum atomic E-state index is 5.94. The lowest BCUT2D eigenvalue weighted by Gasteiger charge is -2.27. The van der Waals surface area contributed by atoms with E-state index < -0.39 is 0 Å². The van der Waals surface area contributed by atoms with Crippen molar-refractivity contribution in [1.29, 1.82) is 0 Å². The molecule has 0 amide bonds. The molecule has 0 bridgehead atoms. The van der Waals surface area contributed by atoms with E-state index in [9.17, 15) is 0 Å². The molecule has 0 spiro atoms. The summed E-state index contributed by atoms with van der Waals surface area (Å²) in [5.74, 6) is 2.13. The Kier molecular flexibility index (Phi) is 7.05. The van der Waals surface area contributed by atoms with Crippen LogP contribution in [-0.2, 0) is 6.42 Å². The Bertz CT molecular complexity index is 349. The molecule has 1 rings (SSSR count). The van der Waals surface area contributed by atoms with E-state index in [1.165, 1.54) is 9.75 Å². The highest BCUT2D eigenvalue weighted by atomic mass is 32.1. The molecule has 3 N–H and O–H groups in total. The molecular formula is C16H30N2S. The van der Waals surface area contributed by atoms with E-state index in [1.54, 1.807) is 0 Å². The molecule has 0 aromatic carbocycles. The highest BCUT2D eigenvalue weighted by Crippen LogP contribution is 2.25. The van der Waals surface area contributed by atoms with Crippen molar-refractivity contribution in [3.05, 3.63) is 21.9 Å². The maximum absolute atomic E-state index is 5.94. The minimum Gasteiger partial charge on any atom is -0.329 e. The first kappa shape index (κ1) is 16.7. The average Bonchev–Trinajstić information content (AvgIpc) is 2.82. The molecule has 0 saturated carbocycles. The fourth-order valence-electron chi connectivity index (χ4n) is 2.59. The number of aryl methyl sites for hydroxylation is 1. The van der Waals surface area contributed by atoms with Gasteiger partial charge in [0.1, 0.15) is 0 Å². The Hall–Kier alpha value is -0.380. The zero-order chi connectivity index (χ0) is 14.4. The van der Waals surface area contributed by atoms with Gasteiger partial charge in [-0.15, -0.1) is 11.3 Å². The van der Waals surface area contributed by atoms with Gasteiger partial charge in [0.2, 0.25) is 0 Å². The van der Waals surface area contributed by atoms with Crippen LogP contribution in [0.2, 0.25) is 0 Å². The maximum Gasteiger partial charge on any atom is 0.0539 e. The second kappa shape index (κ2) is 8.03. The summed E-state index contributed by atoms with van der Waals surface area (Å²) in [7, 11) is 0. The van der Waals surface area contributed by atoms with Crippen molar-refractivity contribution >= 4 is 11.3 Å². The summed E-state index contributed by atoms with van der Waals surface area (Å²) in [5.41, 5.74) is 5.94. The minimum atomic E-state index is 0.310. The van der Waals surface area contributed by atoms with Crippen LogP contribution in [-0.4, -0.2) is 13.1 Å². The van der Waals surface area contributed by atoms with Gasteiger partial charge in [-0.2, -0.15) is 0 Å². The topological polar surface area (TPSA) is 38.0 Å². The van der Waals surface area contributed by atoms with Gasteiger partial charge >= 0.3 is 0 Å². The van der Waals surface area contributed by atoms with Crippen LogP contribution in [0, 0.1) is 17.8 Å². The summed E-state index contributed by atoms with van der Waals surface area (Å²) in [6.45, 7) is 13.2. The molecule has 2 nitrogen and oxygen atoms in total. The van der Waals surface area contributed by atoms with Crippen LogP contribution < -0.4 is 11.1 Å². The van der Waals surface area contributed by atoms with Crippen molar-refractivity contribution < 1.29 is 0 Å². The molecule has 0 saturated heterocycles. The monoisotopic (exact) mass is 282 g/mol. The molecule has 1 aromatic heterocycles. The van der Waals surface area contributed by atoms with E-state index in [0.717, 1.165) is 13.0 Å². The molecule has 110 valence electrons. The van der Waals surface area contributed by atoms with E-state index in [-0.39, 0.29) is 0 Å². The van der Waals surface area contributed by atoms with Crippen molar-refractivity contribution in [2.45, 2.75) is 47.1 Å². The quantitative estimate of drug-likeness (QED) is 0.760. The lowest BCUT2D eigenvalue weighted by Crippen LogP contribution is -2.35. The molecule has 1 heterocycles. The molecule has 19 heavy (non-hydrogen) atoms. The first-order valence-electron chi connectivity index (χ1n) is 7.51. The molecule has 0 fully saturated rings. The zero-order valence-corrected chi connectivity index (χ0v) is 13.9. The third-order valence-electron chi connectivity index (χ3n) is 3.92. The van der Waals surface area contributed by atoms with E-state index in [0.29, 0.717) is 30.3 Å². The van der Waals surface area contributed by atoms with Crippen molar-refractivity contribution in [2.75, 3.05) is 13.1 Å². The van der Waals surface area contributed by atoms with Crippen molar-refractivity contribution in [2.24, 2.45) is 23.5 Å². The van der Waals surface area contributed by atoms with Crippen LogP contribution >= 0.6 is 11.3 Å². The third-order valence-corrected chi connectivity index (χ3v) is 5.27. The Labute approximate surface area is 122 Å². The van der Waals surface area contributed by atoms with Gasteiger partial charge in [0.05, 0.1) is 6.04 Å². The van der Waals surface area contributed by atoms with Gasteiger partial charge in [0.15, 0.2) is 0 Å². The highest BCUT2D eigenvalue weighted by Gasteiger charge is 2.19.